The van der Waals surface area contributed by atoms with E-state index in [0.29, 0.717) is 19.6 Å². The van der Waals surface area contributed by atoms with Crippen molar-refractivity contribution in [2.24, 2.45) is 5.84 Å². The summed E-state index contributed by atoms with van der Waals surface area (Å²) in [6, 6.07) is 7.57. The van der Waals surface area contributed by atoms with Crippen LogP contribution in [0.2, 0.25) is 0 Å². The zero-order valence-electron chi connectivity index (χ0n) is 10.9. The molecule has 0 atom stereocenters. The van der Waals surface area contributed by atoms with Gasteiger partial charge in [-0.25, -0.2) is 5.84 Å². The largest absolute Gasteiger partial charge is 0.395 e. The lowest BCUT2D eigenvalue weighted by atomic mass is 10.0. The number of hydrazine groups is 1. The first-order valence-electron chi connectivity index (χ1n) is 6.21. The quantitative estimate of drug-likeness (QED) is 0.275. The van der Waals surface area contributed by atoms with Crippen LogP contribution >= 0.6 is 0 Å². The SMILES string of the molecule is NNC(=O)Cc1ccccc1CN(CCO)CCO. The molecule has 0 bridgehead atoms. The molecule has 1 aromatic rings. The first kappa shape index (κ1) is 15.6. The predicted molar refractivity (Wildman–Crippen MR) is 71.9 cm³/mol. The monoisotopic (exact) mass is 267 g/mol. The van der Waals surface area contributed by atoms with E-state index in [9.17, 15) is 4.79 Å². The molecule has 0 spiro atoms. The highest BCUT2D eigenvalue weighted by molar-refractivity contribution is 5.78. The Morgan fingerprint density at radius 1 is 1.16 bits per heavy atom. The van der Waals surface area contributed by atoms with E-state index in [4.69, 9.17) is 16.1 Å². The smallest absolute Gasteiger partial charge is 0.238 e. The second-order valence-corrected chi connectivity index (χ2v) is 4.24. The lowest BCUT2D eigenvalue weighted by Gasteiger charge is -2.21. The van der Waals surface area contributed by atoms with Crippen LogP contribution in [0.25, 0.3) is 0 Å². The van der Waals surface area contributed by atoms with E-state index in [1.165, 1.54) is 0 Å². The summed E-state index contributed by atoms with van der Waals surface area (Å²) in [5, 5.41) is 18.0. The Bertz CT molecular complexity index is 392. The average Bonchev–Trinajstić information content (AvgIpc) is 2.41. The summed E-state index contributed by atoms with van der Waals surface area (Å²) in [7, 11) is 0. The molecule has 1 rings (SSSR count). The molecule has 6 nitrogen and oxygen atoms in total. The number of carbonyl (C=O) groups excluding carboxylic acids is 1. The molecule has 0 radical (unpaired) electrons. The summed E-state index contributed by atoms with van der Waals surface area (Å²) >= 11 is 0. The van der Waals surface area contributed by atoms with Crippen molar-refractivity contribution in [2.75, 3.05) is 26.3 Å². The summed E-state index contributed by atoms with van der Waals surface area (Å²) in [5.41, 5.74) is 4.00. The first-order valence-corrected chi connectivity index (χ1v) is 6.21. The van der Waals surface area contributed by atoms with Gasteiger partial charge in [-0.2, -0.15) is 0 Å². The Hall–Kier alpha value is -1.47. The molecular weight excluding hydrogens is 246 g/mol. The number of carbonyl (C=O) groups is 1. The third-order valence-corrected chi connectivity index (χ3v) is 2.86. The molecule has 0 aromatic heterocycles. The molecule has 6 heteroatoms. The van der Waals surface area contributed by atoms with Crippen molar-refractivity contribution in [1.29, 1.82) is 0 Å². The summed E-state index contributed by atoms with van der Waals surface area (Å²) in [5.74, 6) is 4.84. The van der Waals surface area contributed by atoms with Gasteiger partial charge in [0.05, 0.1) is 19.6 Å². The van der Waals surface area contributed by atoms with E-state index in [-0.39, 0.29) is 25.5 Å². The van der Waals surface area contributed by atoms with Crippen molar-refractivity contribution in [3.8, 4) is 0 Å². The maximum Gasteiger partial charge on any atom is 0.238 e. The van der Waals surface area contributed by atoms with Crippen molar-refractivity contribution in [2.45, 2.75) is 13.0 Å². The minimum atomic E-state index is -0.247. The molecule has 19 heavy (non-hydrogen) atoms. The molecule has 106 valence electrons. The van der Waals surface area contributed by atoms with E-state index in [1.807, 2.05) is 29.2 Å². The number of nitrogens with zero attached hydrogens (tertiary/aromatic N) is 1. The Labute approximate surface area is 112 Å². The Morgan fingerprint density at radius 2 is 1.74 bits per heavy atom. The van der Waals surface area contributed by atoms with E-state index >= 15 is 0 Å². The fourth-order valence-electron chi connectivity index (χ4n) is 1.90. The lowest BCUT2D eigenvalue weighted by molar-refractivity contribution is -0.120. The van der Waals surface area contributed by atoms with Gasteiger partial charge in [0, 0.05) is 19.6 Å². The Kier molecular flexibility index (Phi) is 7.06. The number of aliphatic hydroxyl groups is 2. The minimum Gasteiger partial charge on any atom is -0.395 e. The molecule has 0 aliphatic carbocycles. The van der Waals surface area contributed by atoms with Crippen LogP contribution in [0.4, 0.5) is 0 Å². The van der Waals surface area contributed by atoms with Gasteiger partial charge >= 0.3 is 0 Å². The minimum absolute atomic E-state index is 0.0332. The third kappa shape index (κ3) is 5.35. The highest BCUT2D eigenvalue weighted by Gasteiger charge is 2.10. The fraction of sp³-hybridized carbons (Fsp3) is 0.462. The van der Waals surface area contributed by atoms with Gasteiger partial charge in [-0.1, -0.05) is 24.3 Å². The molecule has 0 saturated heterocycles. The van der Waals surface area contributed by atoms with Crippen molar-refractivity contribution in [1.82, 2.24) is 10.3 Å². The van der Waals surface area contributed by atoms with Gasteiger partial charge in [0.25, 0.3) is 0 Å². The standard InChI is InChI=1S/C13H21N3O3/c14-15-13(19)9-11-3-1-2-4-12(11)10-16(5-7-17)6-8-18/h1-4,17-18H,5-10,14H2,(H,15,19). The maximum atomic E-state index is 11.3. The molecule has 0 aliphatic heterocycles. The van der Waals surface area contributed by atoms with E-state index < -0.39 is 0 Å². The highest BCUT2D eigenvalue weighted by atomic mass is 16.3. The van der Waals surface area contributed by atoms with Crippen LogP contribution in [-0.4, -0.2) is 47.3 Å². The summed E-state index contributed by atoms with van der Waals surface area (Å²) in [6.07, 6.45) is 0.221. The molecule has 0 unspecified atom stereocenters. The number of amides is 1. The third-order valence-electron chi connectivity index (χ3n) is 2.86. The lowest BCUT2D eigenvalue weighted by Crippen LogP contribution is -2.32. The summed E-state index contributed by atoms with van der Waals surface area (Å²) in [6.45, 7) is 1.61. The molecule has 0 heterocycles. The number of benzene rings is 1. The normalized spacial score (nSPS) is 10.7. The zero-order chi connectivity index (χ0) is 14.1. The molecule has 0 fully saturated rings. The molecule has 0 saturated carbocycles. The van der Waals surface area contributed by atoms with Crippen molar-refractivity contribution >= 4 is 5.91 Å². The van der Waals surface area contributed by atoms with E-state index in [2.05, 4.69) is 5.43 Å². The van der Waals surface area contributed by atoms with Crippen molar-refractivity contribution < 1.29 is 15.0 Å². The topological polar surface area (TPSA) is 98.8 Å². The van der Waals surface area contributed by atoms with Gasteiger partial charge in [0.1, 0.15) is 0 Å². The van der Waals surface area contributed by atoms with Crippen LogP contribution in [0.5, 0.6) is 0 Å². The molecule has 1 aromatic carbocycles. The first-order chi connectivity index (χ1) is 9.21. The summed E-state index contributed by atoms with van der Waals surface area (Å²) in [4.78, 5) is 13.3. The van der Waals surface area contributed by atoms with Crippen LogP contribution in [0.15, 0.2) is 24.3 Å². The van der Waals surface area contributed by atoms with Crippen LogP contribution in [-0.2, 0) is 17.8 Å². The molecule has 1 amide bonds. The van der Waals surface area contributed by atoms with Crippen LogP contribution in [0.3, 0.4) is 0 Å². The number of hydrogen-bond donors (Lipinski definition) is 4. The molecule has 0 aliphatic rings. The van der Waals surface area contributed by atoms with Gasteiger partial charge in [-0.15, -0.1) is 0 Å². The average molecular weight is 267 g/mol. The van der Waals surface area contributed by atoms with E-state index in [1.54, 1.807) is 0 Å². The Balaban J connectivity index is 2.77. The van der Waals surface area contributed by atoms with Gasteiger partial charge in [-0.3, -0.25) is 15.1 Å². The highest BCUT2D eigenvalue weighted by Crippen LogP contribution is 2.12. The number of nitrogens with two attached hydrogens (primary N) is 1. The number of aliphatic hydroxyl groups excluding tert-OH is 2. The number of hydrogen-bond acceptors (Lipinski definition) is 5. The number of rotatable bonds is 8. The van der Waals surface area contributed by atoms with Crippen LogP contribution in [0, 0.1) is 0 Å². The van der Waals surface area contributed by atoms with Gasteiger partial charge in [-0.05, 0) is 11.1 Å². The fourth-order valence-corrected chi connectivity index (χ4v) is 1.90. The second-order valence-electron chi connectivity index (χ2n) is 4.24. The Morgan fingerprint density at radius 3 is 2.26 bits per heavy atom. The van der Waals surface area contributed by atoms with Gasteiger partial charge in [0.2, 0.25) is 5.91 Å². The maximum absolute atomic E-state index is 11.3. The number of nitrogens with one attached hydrogen (secondary N) is 1. The predicted octanol–water partition coefficient (Wildman–Crippen LogP) is -0.994. The van der Waals surface area contributed by atoms with Crippen molar-refractivity contribution in [3.05, 3.63) is 35.4 Å². The summed E-state index contributed by atoms with van der Waals surface area (Å²) < 4.78 is 0. The van der Waals surface area contributed by atoms with Gasteiger partial charge in [0.15, 0.2) is 0 Å². The van der Waals surface area contributed by atoms with Crippen LogP contribution < -0.4 is 11.3 Å². The van der Waals surface area contributed by atoms with Crippen LogP contribution in [0.1, 0.15) is 11.1 Å². The second kappa shape index (κ2) is 8.60. The van der Waals surface area contributed by atoms with E-state index in [0.717, 1.165) is 11.1 Å². The van der Waals surface area contributed by atoms with Crippen molar-refractivity contribution in [3.63, 3.8) is 0 Å². The molecular formula is C13H21N3O3. The molecule has 5 N–H and O–H groups in total. The zero-order valence-corrected chi connectivity index (χ0v) is 10.9. The van der Waals surface area contributed by atoms with Gasteiger partial charge < -0.3 is 10.2 Å².